The highest BCUT2D eigenvalue weighted by Crippen LogP contribution is 2.23. The lowest BCUT2D eigenvalue weighted by Crippen LogP contribution is -2.33. The Morgan fingerprint density at radius 3 is 2.38 bits per heavy atom. The third kappa shape index (κ3) is 10.1. The highest BCUT2D eigenvalue weighted by Gasteiger charge is 2.37. The lowest BCUT2D eigenvalue weighted by Gasteiger charge is -2.19. The molecule has 1 aliphatic rings. The Morgan fingerprint density at radius 1 is 1.08 bits per heavy atom. The zero-order valence-electron chi connectivity index (χ0n) is 16.4. The molecule has 1 saturated heterocycles. The summed E-state index contributed by atoms with van der Waals surface area (Å²) < 4.78 is 15.9. The number of aliphatic hydroxyl groups is 1. The summed E-state index contributed by atoms with van der Waals surface area (Å²) in [6.45, 7) is 2.33. The van der Waals surface area contributed by atoms with Gasteiger partial charge in [-0.25, -0.2) is 0 Å². The van der Waals surface area contributed by atoms with E-state index < -0.39 is 18.5 Å². The van der Waals surface area contributed by atoms with Crippen molar-refractivity contribution in [3.8, 4) is 0 Å². The topological polar surface area (TPSA) is 85.3 Å². The average molecular weight is 373 g/mol. The molecule has 0 bridgehead atoms. The lowest BCUT2D eigenvalue weighted by molar-refractivity contribution is -0.162. The van der Waals surface area contributed by atoms with Crippen LogP contribution in [0, 0.1) is 0 Å². The smallest absolute Gasteiger partial charge is 0.320 e. The van der Waals surface area contributed by atoms with Crippen LogP contribution < -0.4 is 0 Å². The first kappa shape index (κ1) is 22.9. The number of esters is 2. The van der Waals surface area contributed by atoms with Gasteiger partial charge in [0.2, 0.25) is 0 Å². The molecule has 0 amide bonds. The number of hydrogen-bond donors (Lipinski definition) is 1. The summed E-state index contributed by atoms with van der Waals surface area (Å²) in [5, 5.41) is 9.65. The van der Waals surface area contributed by atoms with Crippen LogP contribution in [0.1, 0.15) is 64.7 Å². The van der Waals surface area contributed by atoms with Crippen molar-refractivity contribution in [1.82, 2.24) is 4.90 Å². The SMILES string of the molecule is CCCCCCCCCC(=O)O[C@@H]1C[C@H](O)O[C@@H]1COC(=O)CN(C)C. The van der Waals surface area contributed by atoms with Gasteiger partial charge in [-0.3, -0.25) is 14.5 Å². The van der Waals surface area contributed by atoms with E-state index in [1.54, 1.807) is 19.0 Å². The van der Waals surface area contributed by atoms with Gasteiger partial charge in [0.25, 0.3) is 0 Å². The molecule has 1 N–H and O–H groups in total. The van der Waals surface area contributed by atoms with Gasteiger partial charge < -0.3 is 19.3 Å². The minimum absolute atomic E-state index is 0.0287. The molecular weight excluding hydrogens is 338 g/mol. The zero-order valence-corrected chi connectivity index (χ0v) is 16.4. The number of aliphatic hydroxyl groups excluding tert-OH is 1. The monoisotopic (exact) mass is 373 g/mol. The first-order valence-electron chi connectivity index (χ1n) is 9.75. The maximum absolute atomic E-state index is 12.0. The second-order valence-corrected chi connectivity index (χ2v) is 7.19. The van der Waals surface area contributed by atoms with E-state index >= 15 is 0 Å². The molecular formula is C19H35NO6. The molecule has 1 heterocycles. The molecule has 152 valence electrons. The van der Waals surface area contributed by atoms with Gasteiger partial charge in [0.05, 0.1) is 6.54 Å². The van der Waals surface area contributed by atoms with Crippen LogP contribution in [0.15, 0.2) is 0 Å². The van der Waals surface area contributed by atoms with Crippen LogP contribution in [0.3, 0.4) is 0 Å². The molecule has 0 aromatic heterocycles. The summed E-state index contributed by atoms with van der Waals surface area (Å²) in [7, 11) is 3.54. The van der Waals surface area contributed by atoms with Crippen LogP contribution in [-0.4, -0.2) is 67.7 Å². The normalized spacial score (nSPS) is 22.6. The van der Waals surface area contributed by atoms with Crippen molar-refractivity contribution < 1.29 is 28.9 Å². The Balaban J connectivity index is 2.23. The Bertz CT molecular complexity index is 415. The third-order valence-corrected chi connectivity index (χ3v) is 4.30. The number of carbonyl (C=O) groups is 2. The number of ether oxygens (including phenoxy) is 3. The van der Waals surface area contributed by atoms with Crippen LogP contribution in [0.2, 0.25) is 0 Å². The molecule has 0 aliphatic carbocycles. The summed E-state index contributed by atoms with van der Waals surface area (Å²) in [6.07, 6.45) is 6.33. The van der Waals surface area contributed by atoms with Crippen molar-refractivity contribution >= 4 is 11.9 Å². The summed E-state index contributed by atoms with van der Waals surface area (Å²) in [5.41, 5.74) is 0. The number of nitrogens with zero attached hydrogens (tertiary/aromatic N) is 1. The Hall–Kier alpha value is -1.18. The number of carbonyl (C=O) groups excluding carboxylic acids is 2. The molecule has 1 aliphatic heterocycles. The van der Waals surface area contributed by atoms with Crippen LogP contribution >= 0.6 is 0 Å². The largest absolute Gasteiger partial charge is 0.462 e. The first-order chi connectivity index (χ1) is 12.4. The van der Waals surface area contributed by atoms with Crippen LogP contribution in [0.25, 0.3) is 0 Å². The molecule has 0 unspecified atom stereocenters. The summed E-state index contributed by atoms with van der Waals surface area (Å²) in [4.78, 5) is 25.3. The van der Waals surface area contributed by atoms with Crippen molar-refractivity contribution in [1.29, 1.82) is 0 Å². The number of rotatable bonds is 13. The third-order valence-electron chi connectivity index (χ3n) is 4.30. The molecule has 1 fully saturated rings. The van der Waals surface area contributed by atoms with E-state index in [0.29, 0.717) is 6.42 Å². The fourth-order valence-corrected chi connectivity index (χ4v) is 2.90. The molecule has 0 radical (unpaired) electrons. The van der Waals surface area contributed by atoms with Gasteiger partial charge in [0.15, 0.2) is 6.29 Å². The molecule has 26 heavy (non-hydrogen) atoms. The van der Waals surface area contributed by atoms with E-state index in [4.69, 9.17) is 14.2 Å². The minimum Gasteiger partial charge on any atom is -0.462 e. The minimum atomic E-state index is -0.996. The highest BCUT2D eigenvalue weighted by atomic mass is 16.7. The Kier molecular flexibility index (Phi) is 11.5. The van der Waals surface area contributed by atoms with Gasteiger partial charge in [-0.2, -0.15) is 0 Å². The second kappa shape index (κ2) is 13.1. The molecule has 7 nitrogen and oxygen atoms in total. The van der Waals surface area contributed by atoms with Crippen LogP contribution in [-0.2, 0) is 23.8 Å². The molecule has 1 rings (SSSR count). The Labute approximate surface area is 157 Å². The molecule has 7 heteroatoms. The van der Waals surface area contributed by atoms with Gasteiger partial charge in [0.1, 0.15) is 18.8 Å². The molecule has 0 saturated carbocycles. The first-order valence-corrected chi connectivity index (χ1v) is 9.75. The van der Waals surface area contributed by atoms with E-state index in [1.165, 1.54) is 25.7 Å². The summed E-state index contributed by atoms with van der Waals surface area (Å²) >= 11 is 0. The van der Waals surface area contributed by atoms with E-state index in [9.17, 15) is 14.7 Å². The van der Waals surface area contributed by atoms with Crippen molar-refractivity contribution in [2.45, 2.75) is 83.2 Å². The quantitative estimate of drug-likeness (QED) is 0.391. The molecule has 3 atom stereocenters. The van der Waals surface area contributed by atoms with Crippen molar-refractivity contribution in [2.75, 3.05) is 27.2 Å². The highest BCUT2D eigenvalue weighted by molar-refractivity contribution is 5.71. The number of likely N-dealkylation sites (N-methyl/N-ethyl adjacent to an activating group) is 1. The predicted octanol–water partition coefficient (Wildman–Crippen LogP) is 2.25. The standard InChI is InChI=1S/C19H35NO6/c1-4-5-6-7-8-9-10-11-17(21)25-15-12-18(22)26-16(15)14-24-19(23)13-20(2)3/h15-16,18,22H,4-14H2,1-3H3/t15-,16-,18-/m1/s1. The van der Waals surface area contributed by atoms with Gasteiger partial charge in [-0.1, -0.05) is 45.4 Å². The fourth-order valence-electron chi connectivity index (χ4n) is 2.90. The zero-order chi connectivity index (χ0) is 19.4. The van der Waals surface area contributed by atoms with E-state index in [1.807, 2.05) is 0 Å². The fraction of sp³-hybridized carbons (Fsp3) is 0.895. The van der Waals surface area contributed by atoms with Crippen molar-refractivity contribution in [2.24, 2.45) is 0 Å². The summed E-state index contributed by atoms with van der Waals surface area (Å²) in [5.74, 6) is -0.668. The van der Waals surface area contributed by atoms with Crippen molar-refractivity contribution in [3.05, 3.63) is 0 Å². The number of hydrogen-bond acceptors (Lipinski definition) is 7. The average Bonchev–Trinajstić information content (AvgIpc) is 2.91. The van der Waals surface area contributed by atoms with Gasteiger partial charge in [-0.05, 0) is 20.5 Å². The van der Waals surface area contributed by atoms with Crippen LogP contribution in [0.5, 0.6) is 0 Å². The number of unbranched alkanes of at least 4 members (excludes halogenated alkanes) is 6. The van der Waals surface area contributed by atoms with Crippen molar-refractivity contribution in [3.63, 3.8) is 0 Å². The van der Waals surface area contributed by atoms with Gasteiger partial charge in [-0.15, -0.1) is 0 Å². The maximum atomic E-state index is 12.0. The van der Waals surface area contributed by atoms with E-state index in [0.717, 1.165) is 19.3 Å². The van der Waals surface area contributed by atoms with Crippen LogP contribution in [0.4, 0.5) is 0 Å². The lowest BCUT2D eigenvalue weighted by atomic mass is 10.1. The maximum Gasteiger partial charge on any atom is 0.320 e. The van der Waals surface area contributed by atoms with Gasteiger partial charge in [0, 0.05) is 12.8 Å². The Morgan fingerprint density at radius 2 is 1.73 bits per heavy atom. The molecule has 0 aromatic rings. The molecule has 0 aromatic carbocycles. The second-order valence-electron chi connectivity index (χ2n) is 7.19. The van der Waals surface area contributed by atoms with Gasteiger partial charge >= 0.3 is 11.9 Å². The van der Waals surface area contributed by atoms with E-state index in [-0.39, 0.29) is 31.5 Å². The van der Waals surface area contributed by atoms with E-state index in [2.05, 4.69) is 6.92 Å². The summed E-state index contributed by atoms with van der Waals surface area (Å²) in [6, 6.07) is 0. The predicted molar refractivity (Wildman–Crippen MR) is 97.5 cm³/mol. The molecule has 0 spiro atoms.